The van der Waals surface area contributed by atoms with E-state index in [1.165, 1.54) is 5.56 Å². The summed E-state index contributed by atoms with van der Waals surface area (Å²) in [6.45, 7) is 6.33. The topological polar surface area (TPSA) is 22.1 Å². The Morgan fingerprint density at radius 1 is 1.25 bits per heavy atom. The molecular weight excluding hydrogens is 270 g/mol. The summed E-state index contributed by atoms with van der Waals surface area (Å²) in [6.07, 6.45) is 1.08. The zero-order valence-electron chi connectivity index (χ0n) is 12.2. The number of halogens is 1. The summed E-state index contributed by atoms with van der Waals surface area (Å²) in [7, 11) is 0. The molecule has 2 nitrogen and oxygen atoms in total. The van der Waals surface area contributed by atoms with Gasteiger partial charge in [-0.3, -0.25) is 0 Å². The SMILES string of the molecule is CCC(C)c1ccccc1Oc1cc(CCl)cc(C)n1. The van der Waals surface area contributed by atoms with Crippen LogP contribution in [0.25, 0.3) is 0 Å². The minimum Gasteiger partial charge on any atom is -0.439 e. The first-order chi connectivity index (χ1) is 9.63. The van der Waals surface area contributed by atoms with Crippen LogP contribution in [0.1, 0.15) is 43.0 Å². The lowest BCUT2D eigenvalue weighted by molar-refractivity contribution is 0.450. The molecule has 0 spiro atoms. The van der Waals surface area contributed by atoms with Gasteiger partial charge in [0, 0.05) is 17.6 Å². The number of hydrogen-bond donors (Lipinski definition) is 0. The van der Waals surface area contributed by atoms with Crippen molar-refractivity contribution in [3.05, 3.63) is 53.2 Å². The van der Waals surface area contributed by atoms with E-state index in [9.17, 15) is 0 Å². The number of benzene rings is 1. The van der Waals surface area contributed by atoms with Gasteiger partial charge >= 0.3 is 0 Å². The minimum absolute atomic E-state index is 0.462. The van der Waals surface area contributed by atoms with Crippen LogP contribution in [0.4, 0.5) is 0 Å². The van der Waals surface area contributed by atoms with Crippen LogP contribution in [0.15, 0.2) is 36.4 Å². The van der Waals surface area contributed by atoms with E-state index in [1.807, 2.05) is 37.3 Å². The van der Waals surface area contributed by atoms with Gasteiger partial charge in [-0.15, -0.1) is 11.6 Å². The van der Waals surface area contributed by atoms with E-state index in [-0.39, 0.29) is 0 Å². The number of rotatable bonds is 5. The van der Waals surface area contributed by atoms with Gasteiger partial charge in [0.25, 0.3) is 0 Å². The molecule has 2 aromatic rings. The summed E-state index contributed by atoms with van der Waals surface area (Å²) >= 11 is 5.89. The maximum absolute atomic E-state index is 5.99. The van der Waals surface area contributed by atoms with E-state index in [2.05, 4.69) is 24.9 Å². The Kier molecular flexibility index (Phi) is 5.02. The number of alkyl halides is 1. The Balaban J connectivity index is 2.32. The zero-order chi connectivity index (χ0) is 14.5. The van der Waals surface area contributed by atoms with Crippen LogP contribution in [0.2, 0.25) is 0 Å². The molecule has 3 heteroatoms. The summed E-state index contributed by atoms with van der Waals surface area (Å²) in [5.74, 6) is 2.41. The number of para-hydroxylation sites is 1. The lowest BCUT2D eigenvalue weighted by Crippen LogP contribution is -1.98. The van der Waals surface area contributed by atoms with E-state index >= 15 is 0 Å². The first kappa shape index (κ1) is 14.9. The van der Waals surface area contributed by atoms with E-state index in [0.29, 0.717) is 17.7 Å². The fourth-order valence-corrected chi connectivity index (χ4v) is 2.30. The van der Waals surface area contributed by atoms with E-state index in [4.69, 9.17) is 16.3 Å². The molecule has 0 N–H and O–H groups in total. The summed E-state index contributed by atoms with van der Waals surface area (Å²) < 4.78 is 5.99. The van der Waals surface area contributed by atoms with E-state index < -0.39 is 0 Å². The maximum Gasteiger partial charge on any atom is 0.219 e. The highest BCUT2D eigenvalue weighted by Crippen LogP contribution is 2.31. The lowest BCUT2D eigenvalue weighted by Gasteiger charge is -2.15. The fraction of sp³-hybridized carbons (Fsp3) is 0.353. The summed E-state index contributed by atoms with van der Waals surface area (Å²) in [5, 5.41) is 0. The van der Waals surface area contributed by atoms with Crippen molar-refractivity contribution in [3.8, 4) is 11.6 Å². The molecule has 0 amide bonds. The Hall–Kier alpha value is -1.54. The van der Waals surface area contributed by atoms with Gasteiger partial charge in [-0.05, 0) is 42.5 Å². The van der Waals surface area contributed by atoms with Crippen molar-refractivity contribution >= 4 is 11.6 Å². The van der Waals surface area contributed by atoms with Crippen LogP contribution >= 0.6 is 11.6 Å². The van der Waals surface area contributed by atoms with Crippen molar-refractivity contribution in [2.45, 2.75) is 39.0 Å². The Morgan fingerprint density at radius 3 is 2.70 bits per heavy atom. The largest absolute Gasteiger partial charge is 0.439 e. The first-order valence-corrected chi connectivity index (χ1v) is 7.47. The van der Waals surface area contributed by atoms with Crippen LogP contribution in [0, 0.1) is 6.92 Å². The molecule has 1 unspecified atom stereocenters. The van der Waals surface area contributed by atoms with Crippen LogP contribution in [-0.2, 0) is 5.88 Å². The average molecular weight is 290 g/mol. The lowest BCUT2D eigenvalue weighted by atomic mass is 9.98. The van der Waals surface area contributed by atoms with Gasteiger partial charge in [0.05, 0.1) is 0 Å². The third-order valence-electron chi connectivity index (χ3n) is 3.42. The maximum atomic E-state index is 5.99. The number of aromatic nitrogens is 1. The van der Waals surface area contributed by atoms with Gasteiger partial charge in [-0.2, -0.15) is 0 Å². The minimum atomic E-state index is 0.462. The van der Waals surface area contributed by atoms with Gasteiger partial charge in [-0.1, -0.05) is 32.0 Å². The van der Waals surface area contributed by atoms with Gasteiger partial charge < -0.3 is 4.74 Å². The molecule has 0 aliphatic rings. The zero-order valence-corrected chi connectivity index (χ0v) is 12.9. The van der Waals surface area contributed by atoms with Crippen molar-refractivity contribution in [1.29, 1.82) is 0 Å². The molecule has 1 atom stereocenters. The molecule has 0 saturated carbocycles. The quantitative estimate of drug-likeness (QED) is 0.684. The average Bonchev–Trinajstić information content (AvgIpc) is 2.46. The number of hydrogen-bond acceptors (Lipinski definition) is 2. The summed E-state index contributed by atoms with van der Waals surface area (Å²) in [5.41, 5.74) is 3.15. The number of pyridine rings is 1. The molecule has 2 rings (SSSR count). The highest BCUT2D eigenvalue weighted by atomic mass is 35.5. The molecule has 1 aromatic heterocycles. The fourth-order valence-electron chi connectivity index (χ4n) is 2.15. The molecule has 1 heterocycles. The number of ether oxygens (including phenoxy) is 1. The van der Waals surface area contributed by atoms with Crippen LogP contribution < -0.4 is 4.74 Å². The molecule has 0 fully saturated rings. The molecule has 0 saturated heterocycles. The molecule has 0 aliphatic heterocycles. The molecular formula is C17H20ClNO. The highest BCUT2D eigenvalue weighted by molar-refractivity contribution is 6.17. The Morgan fingerprint density at radius 2 is 2.00 bits per heavy atom. The molecule has 106 valence electrons. The van der Waals surface area contributed by atoms with Crippen molar-refractivity contribution in [3.63, 3.8) is 0 Å². The molecule has 0 aliphatic carbocycles. The van der Waals surface area contributed by atoms with E-state index in [1.54, 1.807) is 0 Å². The van der Waals surface area contributed by atoms with Gasteiger partial charge in [0.2, 0.25) is 5.88 Å². The van der Waals surface area contributed by atoms with Crippen LogP contribution in [-0.4, -0.2) is 4.98 Å². The Bertz CT molecular complexity index is 583. The second-order valence-corrected chi connectivity index (χ2v) is 5.31. The van der Waals surface area contributed by atoms with Crippen LogP contribution in [0.3, 0.4) is 0 Å². The third kappa shape index (κ3) is 3.51. The van der Waals surface area contributed by atoms with Crippen molar-refractivity contribution < 1.29 is 4.74 Å². The Labute approximate surface area is 125 Å². The van der Waals surface area contributed by atoms with Gasteiger partial charge in [-0.25, -0.2) is 4.98 Å². The second-order valence-electron chi connectivity index (χ2n) is 5.04. The summed E-state index contributed by atoms with van der Waals surface area (Å²) in [6, 6.07) is 12.0. The highest BCUT2D eigenvalue weighted by Gasteiger charge is 2.11. The smallest absolute Gasteiger partial charge is 0.219 e. The molecule has 1 aromatic carbocycles. The normalized spacial score (nSPS) is 12.2. The van der Waals surface area contributed by atoms with Crippen molar-refractivity contribution in [2.24, 2.45) is 0 Å². The predicted molar refractivity (Wildman–Crippen MR) is 83.8 cm³/mol. The standard InChI is InChI=1S/C17H20ClNO/c1-4-12(2)15-7-5-6-8-16(15)20-17-10-14(11-18)9-13(3)19-17/h5-10,12H,4,11H2,1-3H3. The monoisotopic (exact) mass is 289 g/mol. The second kappa shape index (κ2) is 6.76. The van der Waals surface area contributed by atoms with Crippen molar-refractivity contribution in [1.82, 2.24) is 4.98 Å². The molecule has 0 bridgehead atoms. The van der Waals surface area contributed by atoms with Crippen LogP contribution in [0.5, 0.6) is 11.6 Å². The number of aryl methyl sites for hydroxylation is 1. The summed E-state index contributed by atoms with van der Waals surface area (Å²) in [4.78, 5) is 4.42. The van der Waals surface area contributed by atoms with Crippen molar-refractivity contribution in [2.75, 3.05) is 0 Å². The number of nitrogens with zero attached hydrogens (tertiary/aromatic N) is 1. The van der Waals surface area contributed by atoms with Gasteiger partial charge in [0.1, 0.15) is 5.75 Å². The third-order valence-corrected chi connectivity index (χ3v) is 3.73. The molecule has 0 radical (unpaired) electrons. The first-order valence-electron chi connectivity index (χ1n) is 6.94. The van der Waals surface area contributed by atoms with Gasteiger partial charge in [0.15, 0.2) is 0 Å². The molecule has 20 heavy (non-hydrogen) atoms. The van der Waals surface area contributed by atoms with E-state index in [0.717, 1.165) is 23.4 Å². The predicted octanol–water partition coefficient (Wildman–Crippen LogP) is 5.43.